The van der Waals surface area contributed by atoms with Gasteiger partial charge in [-0.2, -0.15) is 5.10 Å². The molecule has 0 bridgehead atoms. The Bertz CT molecular complexity index is 673. The second-order valence-corrected chi connectivity index (χ2v) is 5.25. The van der Waals surface area contributed by atoms with Gasteiger partial charge in [0, 0.05) is 37.6 Å². The summed E-state index contributed by atoms with van der Waals surface area (Å²) in [6, 6.07) is 5.76. The van der Waals surface area contributed by atoms with Crippen molar-refractivity contribution in [2.75, 3.05) is 12.4 Å². The minimum Gasteiger partial charge on any atom is -0.387 e. The van der Waals surface area contributed by atoms with Gasteiger partial charge in [-0.15, -0.1) is 0 Å². The number of nitrogens with one attached hydrogen (secondary N) is 2. The molecule has 0 saturated heterocycles. The van der Waals surface area contributed by atoms with Crippen LogP contribution in [0, 0.1) is 20.8 Å². The van der Waals surface area contributed by atoms with E-state index in [2.05, 4.69) is 15.7 Å². The van der Waals surface area contributed by atoms with Gasteiger partial charge in [0.15, 0.2) is 0 Å². The SMILES string of the molecule is CNc1cc(C)ccc1C(=O)NCc1c(C)nn(C)c1C. The van der Waals surface area contributed by atoms with Gasteiger partial charge in [0.1, 0.15) is 0 Å². The summed E-state index contributed by atoms with van der Waals surface area (Å²) in [5, 5.41) is 10.4. The number of nitrogens with zero attached hydrogens (tertiary/aromatic N) is 2. The molecule has 0 saturated carbocycles. The predicted octanol–water partition coefficient (Wildman–Crippen LogP) is 2.32. The molecule has 1 aromatic carbocycles. The normalized spacial score (nSPS) is 10.5. The van der Waals surface area contributed by atoms with Crippen LogP contribution in [0.5, 0.6) is 0 Å². The molecule has 112 valence electrons. The van der Waals surface area contributed by atoms with Crippen LogP contribution in [0.25, 0.3) is 0 Å². The highest BCUT2D eigenvalue weighted by Gasteiger charge is 2.13. The van der Waals surface area contributed by atoms with Gasteiger partial charge in [0.25, 0.3) is 5.91 Å². The molecule has 5 nitrogen and oxygen atoms in total. The maximum absolute atomic E-state index is 12.4. The molecule has 0 spiro atoms. The summed E-state index contributed by atoms with van der Waals surface area (Å²) in [6.45, 7) is 6.46. The third-order valence-corrected chi connectivity index (χ3v) is 3.77. The minimum atomic E-state index is -0.0815. The molecule has 21 heavy (non-hydrogen) atoms. The first-order valence-electron chi connectivity index (χ1n) is 6.99. The van der Waals surface area contributed by atoms with Crippen molar-refractivity contribution in [1.29, 1.82) is 0 Å². The lowest BCUT2D eigenvalue weighted by molar-refractivity contribution is 0.0951. The smallest absolute Gasteiger partial charge is 0.253 e. The Kier molecular flexibility index (Phi) is 4.31. The van der Waals surface area contributed by atoms with Crippen molar-refractivity contribution in [3.8, 4) is 0 Å². The van der Waals surface area contributed by atoms with Gasteiger partial charge in [-0.1, -0.05) is 6.07 Å². The average molecular weight is 286 g/mol. The van der Waals surface area contributed by atoms with E-state index in [4.69, 9.17) is 0 Å². The lowest BCUT2D eigenvalue weighted by atomic mass is 10.1. The van der Waals surface area contributed by atoms with Crippen LogP contribution in [-0.4, -0.2) is 22.7 Å². The van der Waals surface area contributed by atoms with E-state index in [9.17, 15) is 4.79 Å². The Balaban J connectivity index is 2.15. The molecule has 1 amide bonds. The number of amides is 1. The molecule has 0 aliphatic rings. The Morgan fingerprint density at radius 2 is 2.00 bits per heavy atom. The maximum atomic E-state index is 12.4. The molecule has 2 aromatic rings. The second-order valence-electron chi connectivity index (χ2n) is 5.25. The Hall–Kier alpha value is -2.30. The monoisotopic (exact) mass is 286 g/mol. The van der Waals surface area contributed by atoms with Crippen molar-refractivity contribution in [1.82, 2.24) is 15.1 Å². The van der Waals surface area contributed by atoms with E-state index in [1.807, 2.05) is 57.7 Å². The molecule has 0 aliphatic carbocycles. The number of anilines is 1. The molecule has 0 radical (unpaired) electrons. The van der Waals surface area contributed by atoms with Crippen LogP contribution >= 0.6 is 0 Å². The van der Waals surface area contributed by atoms with Crippen molar-refractivity contribution >= 4 is 11.6 Å². The van der Waals surface area contributed by atoms with E-state index in [1.165, 1.54) is 0 Å². The zero-order valence-corrected chi connectivity index (χ0v) is 13.2. The third-order valence-electron chi connectivity index (χ3n) is 3.77. The molecular weight excluding hydrogens is 264 g/mol. The van der Waals surface area contributed by atoms with Crippen LogP contribution < -0.4 is 10.6 Å². The fourth-order valence-electron chi connectivity index (χ4n) is 2.40. The zero-order valence-electron chi connectivity index (χ0n) is 13.2. The summed E-state index contributed by atoms with van der Waals surface area (Å²) < 4.78 is 1.84. The molecule has 2 rings (SSSR count). The summed E-state index contributed by atoms with van der Waals surface area (Å²) >= 11 is 0. The van der Waals surface area contributed by atoms with Gasteiger partial charge in [-0.3, -0.25) is 9.48 Å². The molecule has 5 heteroatoms. The lowest BCUT2D eigenvalue weighted by Gasteiger charge is -2.11. The predicted molar refractivity (Wildman–Crippen MR) is 84.6 cm³/mol. The van der Waals surface area contributed by atoms with Crippen LogP contribution in [0.2, 0.25) is 0 Å². The van der Waals surface area contributed by atoms with E-state index in [0.29, 0.717) is 12.1 Å². The number of hydrogen-bond donors (Lipinski definition) is 2. The molecule has 0 atom stereocenters. The summed E-state index contributed by atoms with van der Waals surface area (Å²) in [5.74, 6) is -0.0815. The van der Waals surface area contributed by atoms with E-state index in [-0.39, 0.29) is 5.91 Å². The number of aromatic nitrogens is 2. The van der Waals surface area contributed by atoms with Crippen molar-refractivity contribution in [3.63, 3.8) is 0 Å². The summed E-state index contributed by atoms with van der Waals surface area (Å²) in [5.41, 5.74) is 5.71. The number of hydrogen-bond acceptors (Lipinski definition) is 3. The largest absolute Gasteiger partial charge is 0.387 e. The van der Waals surface area contributed by atoms with E-state index >= 15 is 0 Å². The third kappa shape index (κ3) is 3.07. The van der Waals surface area contributed by atoms with Crippen molar-refractivity contribution in [2.24, 2.45) is 7.05 Å². The zero-order chi connectivity index (χ0) is 15.6. The Morgan fingerprint density at radius 1 is 1.29 bits per heavy atom. The van der Waals surface area contributed by atoms with Gasteiger partial charge >= 0.3 is 0 Å². The Labute approximate surface area is 125 Å². The highest BCUT2D eigenvalue weighted by Crippen LogP contribution is 2.17. The van der Waals surface area contributed by atoms with E-state index < -0.39 is 0 Å². The average Bonchev–Trinajstić information content (AvgIpc) is 2.69. The van der Waals surface area contributed by atoms with Crippen molar-refractivity contribution in [3.05, 3.63) is 46.3 Å². The number of rotatable bonds is 4. The number of carbonyl (C=O) groups excluding carboxylic acids is 1. The van der Waals surface area contributed by atoms with Gasteiger partial charge in [-0.05, 0) is 38.5 Å². The summed E-state index contributed by atoms with van der Waals surface area (Å²) in [6.07, 6.45) is 0. The quantitative estimate of drug-likeness (QED) is 0.907. The van der Waals surface area contributed by atoms with Gasteiger partial charge < -0.3 is 10.6 Å². The lowest BCUT2D eigenvalue weighted by Crippen LogP contribution is -2.24. The number of aryl methyl sites for hydroxylation is 3. The van der Waals surface area contributed by atoms with Crippen LogP contribution in [0.1, 0.15) is 32.9 Å². The standard InChI is InChI=1S/C16H22N4O/c1-10-6-7-13(15(8-10)17-4)16(21)18-9-14-11(2)19-20(5)12(14)3/h6-8,17H,9H2,1-5H3,(H,18,21). The molecule has 0 fully saturated rings. The topological polar surface area (TPSA) is 59.0 Å². The maximum Gasteiger partial charge on any atom is 0.253 e. The summed E-state index contributed by atoms with van der Waals surface area (Å²) in [7, 11) is 3.73. The molecular formula is C16H22N4O. The highest BCUT2D eigenvalue weighted by atomic mass is 16.1. The molecule has 0 unspecified atom stereocenters. The molecule has 0 aliphatic heterocycles. The minimum absolute atomic E-state index is 0.0815. The fraction of sp³-hybridized carbons (Fsp3) is 0.375. The van der Waals surface area contributed by atoms with Crippen LogP contribution in [0.15, 0.2) is 18.2 Å². The fourth-order valence-corrected chi connectivity index (χ4v) is 2.40. The highest BCUT2D eigenvalue weighted by molar-refractivity contribution is 5.99. The second kappa shape index (κ2) is 5.99. The van der Waals surface area contributed by atoms with E-state index in [1.54, 1.807) is 0 Å². The molecule has 1 aromatic heterocycles. The molecule has 1 heterocycles. The van der Waals surface area contributed by atoms with Gasteiger partial charge in [-0.25, -0.2) is 0 Å². The van der Waals surface area contributed by atoms with Crippen LogP contribution in [-0.2, 0) is 13.6 Å². The van der Waals surface area contributed by atoms with Crippen molar-refractivity contribution < 1.29 is 4.79 Å². The van der Waals surface area contributed by atoms with Crippen LogP contribution in [0.3, 0.4) is 0 Å². The van der Waals surface area contributed by atoms with E-state index in [0.717, 1.165) is 28.2 Å². The molecule has 2 N–H and O–H groups in total. The first kappa shape index (κ1) is 15.1. The van der Waals surface area contributed by atoms with Crippen LogP contribution in [0.4, 0.5) is 5.69 Å². The Morgan fingerprint density at radius 3 is 2.57 bits per heavy atom. The van der Waals surface area contributed by atoms with Gasteiger partial charge in [0.2, 0.25) is 0 Å². The van der Waals surface area contributed by atoms with Gasteiger partial charge in [0.05, 0.1) is 11.3 Å². The summed E-state index contributed by atoms with van der Waals surface area (Å²) in [4.78, 5) is 12.4. The first-order valence-corrected chi connectivity index (χ1v) is 6.99. The van der Waals surface area contributed by atoms with Crippen molar-refractivity contribution in [2.45, 2.75) is 27.3 Å². The number of carbonyl (C=O) groups is 1. The first-order chi connectivity index (χ1) is 9.93. The number of benzene rings is 1.